The molecule has 0 aromatic carbocycles. The summed E-state index contributed by atoms with van der Waals surface area (Å²) in [6.45, 7) is 3.78. The van der Waals surface area contributed by atoms with Gasteiger partial charge in [-0.05, 0) is 48.1 Å². The van der Waals surface area contributed by atoms with Crippen molar-refractivity contribution < 1.29 is 0 Å². The third-order valence-electron chi connectivity index (χ3n) is 5.58. The molecule has 1 saturated heterocycles. The van der Waals surface area contributed by atoms with Gasteiger partial charge in [-0.3, -0.25) is 14.7 Å². The predicted octanol–water partition coefficient (Wildman–Crippen LogP) is 3.59. The number of rotatable bonds is 3. The third kappa shape index (κ3) is 2.81. The molecule has 0 aliphatic carbocycles. The Morgan fingerprint density at radius 2 is 2.04 bits per heavy atom. The van der Waals surface area contributed by atoms with Crippen LogP contribution in [0.5, 0.6) is 0 Å². The normalized spacial score (nSPS) is 22.2. The van der Waals surface area contributed by atoms with Crippen molar-refractivity contribution in [3.8, 4) is 10.4 Å². The van der Waals surface area contributed by atoms with Crippen molar-refractivity contribution >= 4 is 11.3 Å². The van der Waals surface area contributed by atoms with Crippen molar-refractivity contribution in [3.05, 3.63) is 75.8 Å². The van der Waals surface area contributed by atoms with Crippen molar-refractivity contribution in [1.29, 1.82) is 0 Å². The van der Waals surface area contributed by atoms with Gasteiger partial charge in [0.25, 0.3) is 5.56 Å². The fourth-order valence-corrected chi connectivity index (χ4v) is 5.26. The lowest BCUT2D eigenvalue weighted by atomic mass is 9.83. The summed E-state index contributed by atoms with van der Waals surface area (Å²) in [5.74, 6) is 0.984. The van der Waals surface area contributed by atoms with Gasteiger partial charge in [0.2, 0.25) is 0 Å². The van der Waals surface area contributed by atoms with E-state index in [1.165, 1.54) is 12.1 Å². The molecule has 132 valence electrons. The molecule has 0 N–H and O–H groups in total. The lowest BCUT2D eigenvalue weighted by Crippen LogP contribution is -2.47. The monoisotopic (exact) mass is 363 g/mol. The van der Waals surface area contributed by atoms with E-state index >= 15 is 0 Å². The molecule has 0 saturated carbocycles. The molecule has 0 amide bonds. The fourth-order valence-electron chi connectivity index (χ4n) is 4.51. The van der Waals surface area contributed by atoms with Gasteiger partial charge in [0, 0.05) is 48.9 Å². The van der Waals surface area contributed by atoms with Gasteiger partial charge in [0.05, 0.1) is 11.3 Å². The van der Waals surface area contributed by atoms with E-state index < -0.39 is 0 Å². The summed E-state index contributed by atoms with van der Waals surface area (Å²) in [5.41, 5.74) is 3.35. The van der Waals surface area contributed by atoms with E-state index in [1.807, 2.05) is 46.5 Å². The summed E-state index contributed by atoms with van der Waals surface area (Å²) in [6.07, 6.45) is 3.05. The van der Waals surface area contributed by atoms with Gasteiger partial charge < -0.3 is 4.57 Å². The molecule has 26 heavy (non-hydrogen) atoms. The molecule has 2 unspecified atom stereocenters. The Labute approximate surface area is 156 Å². The molecule has 4 nitrogen and oxygen atoms in total. The van der Waals surface area contributed by atoms with Crippen LogP contribution in [-0.4, -0.2) is 27.5 Å². The van der Waals surface area contributed by atoms with Gasteiger partial charge in [-0.1, -0.05) is 12.1 Å². The highest BCUT2D eigenvalue weighted by atomic mass is 32.1. The van der Waals surface area contributed by atoms with Crippen LogP contribution in [0.4, 0.5) is 0 Å². The average molecular weight is 363 g/mol. The van der Waals surface area contributed by atoms with Crippen LogP contribution >= 0.6 is 11.3 Å². The first-order valence-corrected chi connectivity index (χ1v) is 10.1. The highest BCUT2D eigenvalue weighted by molar-refractivity contribution is 7.13. The summed E-state index contributed by atoms with van der Waals surface area (Å²) >= 11 is 1.64. The van der Waals surface area contributed by atoms with Crippen LogP contribution in [0.15, 0.2) is 58.8 Å². The zero-order valence-corrected chi connectivity index (χ0v) is 15.4. The SMILES string of the molecule is O=c1c(-c2cccs2)ccc2n1CC1CC2CN(Cc2ccccn2)C1. The molecule has 2 bridgehead atoms. The van der Waals surface area contributed by atoms with Crippen LogP contribution in [-0.2, 0) is 13.1 Å². The second-order valence-electron chi connectivity index (χ2n) is 7.38. The first-order chi connectivity index (χ1) is 12.8. The molecular formula is C21H21N3OS. The maximum Gasteiger partial charge on any atom is 0.259 e. The Morgan fingerprint density at radius 1 is 1.08 bits per heavy atom. The van der Waals surface area contributed by atoms with Gasteiger partial charge in [-0.15, -0.1) is 11.3 Å². The van der Waals surface area contributed by atoms with Gasteiger partial charge >= 0.3 is 0 Å². The molecule has 1 fully saturated rings. The molecule has 5 heteroatoms. The van der Waals surface area contributed by atoms with Crippen molar-refractivity contribution in [2.75, 3.05) is 13.1 Å². The van der Waals surface area contributed by atoms with E-state index in [0.717, 1.165) is 42.3 Å². The molecule has 2 aliphatic rings. The molecule has 0 radical (unpaired) electrons. The Morgan fingerprint density at radius 3 is 2.85 bits per heavy atom. The van der Waals surface area contributed by atoms with E-state index in [-0.39, 0.29) is 5.56 Å². The number of fused-ring (bicyclic) bond motifs is 4. The summed E-state index contributed by atoms with van der Waals surface area (Å²) < 4.78 is 2.05. The van der Waals surface area contributed by atoms with E-state index in [0.29, 0.717) is 11.8 Å². The minimum atomic E-state index is 0.179. The van der Waals surface area contributed by atoms with Gasteiger partial charge in [-0.25, -0.2) is 0 Å². The lowest BCUT2D eigenvalue weighted by molar-refractivity contribution is 0.113. The largest absolute Gasteiger partial charge is 0.311 e. The number of nitrogens with zero attached hydrogens (tertiary/aromatic N) is 3. The second kappa shape index (κ2) is 6.49. The van der Waals surface area contributed by atoms with Crippen molar-refractivity contribution in [2.45, 2.75) is 25.4 Å². The first-order valence-electron chi connectivity index (χ1n) is 9.18. The minimum Gasteiger partial charge on any atom is -0.311 e. The van der Waals surface area contributed by atoms with E-state index in [2.05, 4.69) is 22.0 Å². The lowest BCUT2D eigenvalue weighted by Gasteiger charge is -2.42. The molecule has 2 aliphatic heterocycles. The number of pyridine rings is 2. The number of thiophene rings is 1. The summed E-state index contributed by atoms with van der Waals surface area (Å²) in [6, 6.07) is 14.4. The number of hydrogen-bond acceptors (Lipinski definition) is 4. The standard InChI is InChI=1S/C21H21N3OS/c25-21-18(20-5-3-9-26-20)6-7-19-16-10-15(12-24(19)21)11-23(13-16)14-17-4-1-2-8-22-17/h1-9,15-16H,10-14H2. The minimum absolute atomic E-state index is 0.179. The Bertz CT molecular complexity index is 965. The Kier molecular flexibility index (Phi) is 3.98. The Hall–Kier alpha value is -2.24. The maximum absolute atomic E-state index is 13.1. The van der Waals surface area contributed by atoms with Crippen LogP contribution in [0.1, 0.15) is 23.7 Å². The summed E-state index contributed by atoms with van der Waals surface area (Å²) in [5, 5.41) is 2.03. The highest BCUT2D eigenvalue weighted by Gasteiger charge is 2.35. The predicted molar refractivity (Wildman–Crippen MR) is 104 cm³/mol. The van der Waals surface area contributed by atoms with Gasteiger partial charge in [-0.2, -0.15) is 0 Å². The zero-order valence-electron chi connectivity index (χ0n) is 14.5. The summed E-state index contributed by atoms with van der Waals surface area (Å²) in [4.78, 5) is 21.1. The van der Waals surface area contributed by atoms with Gasteiger partial charge in [0.15, 0.2) is 0 Å². The highest BCUT2D eigenvalue weighted by Crippen LogP contribution is 2.36. The molecular weight excluding hydrogens is 342 g/mol. The quantitative estimate of drug-likeness (QED) is 0.714. The average Bonchev–Trinajstić information content (AvgIpc) is 3.18. The number of likely N-dealkylation sites (tertiary alicyclic amines) is 1. The van der Waals surface area contributed by atoms with Crippen LogP contribution in [0.2, 0.25) is 0 Å². The maximum atomic E-state index is 13.1. The van der Waals surface area contributed by atoms with E-state index in [9.17, 15) is 4.79 Å². The molecule has 2 atom stereocenters. The molecule has 5 rings (SSSR count). The zero-order chi connectivity index (χ0) is 17.5. The van der Waals surface area contributed by atoms with Crippen LogP contribution in [0, 0.1) is 5.92 Å². The Balaban J connectivity index is 1.44. The summed E-state index contributed by atoms with van der Waals surface area (Å²) in [7, 11) is 0. The van der Waals surface area contributed by atoms with Crippen LogP contribution < -0.4 is 5.56 Å². The smallest absolute Gasteiger partial charge is 0.259 e. The number of piperidine rings is 1. The number of aromatic nitrogens is 2. The van der Waals surface area contributed by atoms with Gasteiger partial charge in [0.1, 0.15) is 0 Å². The first kappa shape index (κ1) is 16.0. The molecule has 3 aromatic heterocycles. The van der Waals surface area contributed by atoms with Crippen molar-refractivity contribution in [3.63, 3.8) is 0 Å². The second-order valence-corrected chi connectivity index (χ2v) is 8.33. The van der Waals surface area contributed by atoms with E-state index in [1.54, 1.807) is 11.3 Å². The van der Waals surface area contributed by atoms with Crippen molar-refractivity contribution in [1.82, 2.24) is 14.5 Å². The van der Waals surface area contributed by atoms with Crippen LogP contribution in [0.25, 0.3) is 10.4 Å². The fraction of sp³-hybridized carbons (Fsp3) is 0.333. The van der Waals surface area contributed by atoms with Crippen molar-refractivity contribution in [2.24, 2.45) is 5.92 Å². The van der Waals surface area contributed by atoms with Crippen LogP contribution in [0.3, 0.4) is 0 Å². The molecule has 3 aromatic rings. The third-order valence-corrected chi connectivity index (χ3v) is 6.48. The van der Waals surface area contributed by atoms with E-state index in [4.69, 9.17) is 0 Å². The number of hydrogen-bond donors (Lipinski definition) is 0. The molecule has 0 spiro atoms. The molecule has 5 heterocycles. The topological polar surface area (TPSA) is 38.1 Å².